The van der Waals surface area contributed by atoms with Crippen LogP contribution in [0.4, 0.5) is 0 Å². The second-order valence-electron chi connectivity index (χ2n) is 4.46. The van der Waals surface area contributed by atoms with Gasteiger partial charge in [0.1, 0.15) is 27.4 Å². The van der Waals surface area contributed by atoms with Crippen molar-refractivity contribution in [3.8, 4) is 32.6 Å². The van der Waals surface area contributed by atoms with E-state index < -0.39 is 0 Å². The van der Waals surface area contributed by atoms with Crippen LogP contribution >= 0.6 is 34.3 Å². The molecule has 0 aliphatic carbocycles. The first-order chi connectivity index (χ1) is 10.3. The van der Waals surface area contributed by atoms with Gasteiger partial charge in [-0.1, -0.05) is 41.9 Å². The van der Waals surface area contributed by atoms with Crippen LogP contribution in [0.1, 0.15) is 0 Å². The maximum absolute atomic E-state index is 6.23. The summed E-state index contributed by atoms with van der Waals surface area (Å²) in [5.74, 6) is 1.38. The summed E-state index contributed by atoms with van der Waals surface area (Å²) in [7, 11) is 0. The number of rotatable bonds is 2. The first-order valence-corrected chi connectivity index (χ1v) is 8.49. The van der Waals surface area contributed by atoms with Crippen molar-refractivity contribution in [2.75, 3.05) is 13.2 Å². The van der Waals surface area contributed by atoms with Gasteiger partial charge in [-0.05, 0) is 0 Å². The second kappa shape index (κ2) is 5.33. The largest absolute Gasteiger partial charge is 0.484 e. The molecule has 0 unspecified atom stereocenters. The molecule has 0 N–H and O–H groups in total. The van der Waals surface area contributed by atoms with Gasteiger partial charge in [-0.2, -0.15) is 0 Å². The van der Waals surface area contributed by atoms with Crippen LogP contribution in [-0.2, 0) is 0 Å². The maximum atomic E-state index is 6.23. The Balaban J connectivity index is 1.77. The molecule has 0 fully saturated rings. The third kappa shape index (κ3) is 2.31. The summed E-state index contributed by atoms with van der Waals surface area (Å²) in [4.78, 5) is 5.65. The number of fused-ring (bicyclic) bond motifs is 1. The summed E-state index contributed by atoms with van der Waals surface area (Å²) in [6.07, 6.45) is 0. The van der Waals surface area contributed by atoms with E-state index in [1.54, 1.807) is 11.3 Å². The molecule has 1 aliphatic rings. The smallest absolute Gasteiger partial charge is 0.191 e. The van der Waals surface area contributed by atoms with E-state index in [2.05, 4.69) is 12.1 Å². The Hall–Kier alpha value is -1.56. The van der Waals surface area contributed by atoms with Crippen LogP contribution in [-0.4, -0.2) is 18.2 Å². The predicted octanol–water partition coefficient (Wildman–Crippen LogP) is 4.96. The van der Waals surface area contributed by atoms with E-state index in [-0.39, 0.29) is 0 Å². The molecular formula is C15H10ClNO2S2. The zero-order valence-corrected chi connectivity index (χ0v) is 13.2. The maximum Gasteiger partial charge on any atom is 0.191 e. The third-order valence-corrected chi connectivity index (χ3v) is 5.47. The molecule has 106 valence electrons. The van der Waals surface area contributed by atoms with Gasteiger partial charge in [0.15, 0.2) is 11.5 Å². The summed E-state index contributed by atoms with van der Waals surface area (Å²) >= 11 is 9.27. The van der Waals surface area contributed by atoms with Crippen molar-refractivity contribution in [2.45, 2.75) is 0 Å². The minimum absolute atomic E-state index is 0.538. The molecule has 4 rings (SSSR count). The number of halogens is 1. The molecule has 21 heavy (non-hydrogen) atoms. The zero-order chi connectivity index (χ0) is 14.2. The Morgan fingerprint density at radius 1 is 1.05 bits per heavy atom. The normalized spacial score (nSPS) is 13.4. The van der Waals surface area contributed by atoms with Crippen LogP contribution < -0.4 is 9.47 Å². The highest BCUT2D eigenvalue weighted by Gasteiger charge is 2.26. The number of thiazole rings is 1. The van der Waals surface area contributed by atoms with Gasteiger partial charge >= 0.3 is 0 Å². The van der Waals surface area contributed by atoms with E-state index in [1.165, 1.54) is 11.3 Å². The van der Waals surface area contributed by atoms with Crippen molar-refractivity contribution in [3.63, 3.8) is 0 Å². The van der Waals surface area contributed by atoms with Crippen molar-refractivity contribution in [1.82, 2.24) is 4.98 Å². The van der Waals surface area contributed by atoms with Gasteiger partial charge in [0.25, 0.3) is 0 Å². The average molecular weight is 336 g/mol. The summed E-state index contributed by atoms with van der Waals surface area (Å²) in [6, 6.07) is 10.1. The van der Waals surface area contributed by atoms with Crippen molar-refractivity contribution >= 4 is 34.3 Å². The lowest BCUT2D eigenvalue weighted by Crippen LogP contribution is -2.14. The molecule has 3 nitrogen and oxygen atoms in total. The Kier molecular flexibility index (Phi) is 3.33. The van der Waals surface area contributed by atoms with Gasteiger partial charge in [0.05, 0.1) is 5.69 Å². The van der Waals surface area contributed by atoms with Gasteiger partial charge in [-0.15, -0.1) is 22.7 Å². The fraction of sp³-hybridized carbons (Fsp3) is 0.133. The minimum Gasteiger partial charge on any atom is -0.484 e. The lowest BCUT2D eigenvalue weighted by atomic mass is 10.2. The highest BCUT2D eigenvalue weighted by molar-refractivity contribution is 7.24. The Bertz CT molecular complexity index is 782. The lowest BCUT2D eigenvalue weighted by molar-refractivity contribution is 0.174. The number of hydrogen-bond donors (Lipinski definition) is 0. The van der Waals surface area contributed by atoms with Crippen LogP contribution in [0.25, 0.3) is 21.1 Å². The van der Waals surface area contributed by atoms with Crippen molar-refractivity contribution in [1.29, 1.82) is 0 Å². The number of ether oxygens (including phenoxy) is 2. The van der Waals surface area contributed by atoms with E-state index in [1.807, 2.05) is 23.6 Å². The molecule has 0 saturated heterocycles. The fourth-order valence-electron chi connectivity index (χ4n) is 2.18. The number of hydrogen-bond acceptors (Lipinski definition) is 5. The van der Waals surface area contributed by atoms with Gasteiger partial charge in [-0.25, -0.2) is 4.98 Å². The first kappa shape index (κ1) is 13.1. The molecular weight excluding hydrogens is 326 g/mol. The molecule has 1 aliphatic heterocycles. The topological polar surface area (TPSA) is 31.4 Å². The second-order valence-corrected chi connectivity index (χ2v) is 6.94. The Morgan fingerprint density at radius 3 is 2.62 bits per heavy atom. The molecule has 0 radical (unpaired) electrons. The lowest BCUT2D eigenvalue weighted by Gasteiger charge is -2.15. The standard InChI is InChI=1S/C15H10ClNO2S2/c16-14-12-11(18-6-7-19-12)13(21-14)15-17-10(8-20-15)9-4-2-1-3-5-9/h1-5,8H,6-7H2. The molecule has 0 saturated carbocycles. The van der Waals surface area contributed by atoms with Crippen LogP contribution in [0.15, 0.2) is 35.7 Å². The molecule has 3 aromatic rings. The van der Waals surface area contributed by atoms with E-state index in [9.17, 15) is 0 Å². The summed E-state index contributed by atoms with van der Waals surface area (Å²) in [5, 5.41) is 2.96. The number of benzene rings is 1. The number of aromatic nitrogens is 1. The molecule has 2 aromatic heterocycles. The molecule has 0 spiro atoms. The van der Waals surface area contributed by atoms with Crippen LogP contribution in [0, 0.1) is 0 Å². The quantitative estimate of drug-likeness (QED) is 0.663. The highest BCUT2D eigenvalue weighted by atomic mass is 35.5. The summed E-state index contributed by atoms with van der Waals surface area (Å²) < 4.78 is 11.9. The van der Waals surface area contributed by atoms with Gasteiger partial charge in [0, 0.05) is 10.9 Å². The SMILES string of the molecule is Clc1sc(-c2nc(-c3ccccc3)cs2)c2c1OCCO2. The number of thiophene rings is 1. The van der Waals surface area contributed by atoms with Crippen LogP contribution in [0.2, 0.25) is 4.34 Å². The number of nitrogens with zero attached hydrogens (tertiary/aromatic N) is 1. The van der Waals surface area contributed by atoms with E-state index >= 15 is 0 Å². The van der Waals surface area contributed by atoms with E-state index in [0.717, 1.165) is 26.9 Å². The van der Waals surface area contributed by atoms with Crippen LogP contribution in [0.5, 0.6) is 11.5 Å². The molecule has 6 heteroatoms. The molecule has 0 bridgehead atoms. The van der Waals surface area contributed by atoms with Gasteiger partial charge in [-0.3, -0.25) is 0 Å². The third-order valence-electron chi connectivity index (χ3n) is 3.13. The van der Waals surface area contributed by atoms with Crippen LogP contribution in [0.3, 0.4) is 0 Å². The van der Waals surface area contributed by atoms with Gasteiger partial charge < -0.3 is 9.47 Å². The molecule has 3 heterocycles. The highest BCUT2D eigenvalue weighted by Crippen LogP contribution is 2.52. The summed E-state index contributed by atoms with van der Waals surface area (Å²) in [6.45, 7) is 1.08. The molecule has 1 aromatic carbocycles. The average Bonchev–Trinajstić information content (AvgIpc) is 3.14. The van der Waals surface area contributed by atoms with Gasteiger partial charge in [0.2, 0.25) is 0 Å². The zero-order valence-electron chi connectivity index (χ0n) is 10.8. The van der Waals surface area contributed by atoms with Crippen molar-refractivity contribution in [3.05, 3.63) is 40.0 Å². The molecule has 0 atom stereocenters. The summed E-state index contributed by atoms with van der Waals surface area (Å²) in [5.41, 5.74) is 2.07. The monoisotopic (exact) mass is 335 g/mol. The Labute approximate surface area is 134 Å². The Morgan fingerprint density at radius 2 is 1.81 bits per heavy atom. The fourth-order valence-corrected chi connectivity index (χ4v) is 4.38. The first-order valence-electron chi connectivity index (χ1n) is 6.42. The predicted molar refractivity (Wildman–Crippen MR) is 86.9 cm³/mol. The minimum atomic E-state index is 0.538. The molecule has 0 amide bonds. The van der Waals surface area contributed by atoms with E-state index in [4.69, 9.17) is 26.1 Å². The van der Waals surface area contributed by atoms with E-state index in [0.29, 0.717) is 23.3 Å². The van der Waals surface area contributed by atoms with Crippen molar-refractivity contribution < 1.29 is 9.47 Å². The van der Waals surface area contributed by atoms with Crippen molar-refractivity contribution in [2.24, 2.45) is 0 Å².